The first-order valence-corrected chi connectivity index (χ1v) is 14.4. The van der Waals surface area contributed by atoms with Crippen LogP contribution in [-0.4, -0.2) is 42.1 Å². The average molecular weight is 564 g/mol. The zero-order valence-electron chi connectivity index (χ0n) is 25.7. The van der Waals surface area contributed by atoms with Gasteiger partial charge in [0.1, 0.15) is 18.2 Å². The molecule has 0 radical (unpaired) electrons. The molecule has 1 aromatic rings. The summed E-state index contributed by atoms with van der Waals surface area (Å²) >= 11 is 0. The van der Waals surface area contributed by atoms with Crippen LogP contribution in [0.4, 0.5) is 0 Å². The molecule has 0 aliphatic carbocycles. The predicted molar refractivity (Wildman–Crippen MR) is 153 cm³/mol. The molecule has 0 aliphatic rings. The number of carbonyl (C=O) groups excluding carboxylic acids is 4. The van der Waals surface area contributed by atoms with Crippen molar-refractivity contribution in [3.8, 4) is 11.5 Å². The van der Waals surface area contributed by atoms with Gasteiger partial charge in [0.25, 0.3) is 0 Å². The lowest BCUT2D eigenvalue weighted by Crippen LogP contribution is -2.40. The number of ether oxygens (including phenoxy) is 4. The Morgan fingerprint density at radius 1 is 0.700 bits per heavy atom. The molecule has 0 spiro atoms. The highest BCUT2D eigenvalue weighted by molar-refractivity contribution is 5.79. The van der Waals surface area contributed by atoms with Gasteiger partial charge in [-0.2, -0.15) is 0 Å². The second-order valence-electron chi connectivity index (χ2n) is 11.1. The van der Waals surface area contributed by atoms with Crippen LogP contribution in [0.15, 0.2) is 18.2 Å². The van der Waals surface area contributed by atoms with Crippen LogP contribution in [0.2, 0.25) is 0 Å². The molecule has 0 saturated carbocycles. The maximum absolute atomic E-state index is 12.7. The zero-order chi connectivity index (χ0) is 30.6. The Morgan fingerprint density at radius 3 is 1.65 bits per heavy atom. The van der Waals surface area contributed by atoms with Crippen molar-refractivity contribution >= 4 is 23.9 Å². The van der Waals surface area contributed by atoms with Gasteiger partial charge >= 0.3 is 23.9 Å². The van der Waals surface area contributed by atoms with E-state index in [2.05, 4.69) is 0 Å². The molecule has 2 N–H and O–H groups in total. The van der Waals surface area contributed by atoms with Crippen LogP contribution in [-0.2, 0) is 35.1 Å². The maximum atomic E-state index is 12.7. The van der Waals surface area contributed by atoms with Crippen LogP contribution in [0.1, 0.15) is 93.6 Å². The van der Waals surface area contributed by atoms with Gasteiger partial charge in [0.05, 0.1) is 17.8 Å². The summed E-state index contributed by atoms with van der Waals surface area (Å²) in [6.07, 6.45) is 1.70. The molecule has 0 aliphatic heterocycles. The smallest absolute Gasteiger partial charge is 0.323 e. The summed E-state index contributed by atoms with van der Waals surface area (Å²) in [5.74, 6) is -2.45. The molecule has 0 fully saturated rings. The molecule has 6 atom stereocenters. The van der Waals surface area contributed by atoms with Crippen LogP contribution in [0, 0.1) is 23.7 Å². The van der Waals surface area contributed by atoms with Crippen molar-refractivity contribution in [2.75, 3.05) is 0 Å². The normalized spacial score (nSPS) is 15.8. The largest absolute Gasteiger partial charge is 0.459 e. The van der Waals surface area contributed by atoms with E-state index in [0.29, 0.717) is 18.4 Å². The molecule has 1 rings (SSSR count). The lowest BCUT2D eigenvalue weighted by Gasteiger charge is -2.24. The summed E-state index contributed by atoms with van der Waals surface area (Å²) < 4.78 is 22.1. The molecule has 4 unspecified atom stereocenters. The van der Waals surface area contributed by atoms with E-state index in [1.807, 2.05) is 27.7 Å². The Kier molecular flexibility index (Phi) is 14.9. The zero-order valence-corrected chi connectivity index (χ0v) is 25.7. The number of carbonyl (C=O) groups is 4. The van der Waals surface area contributed by atoms with Crippen molar-refractivity contribution < 1.29 is 38.1 Å². The minimum atomic E-state index is -1.03. The summed E-state index contributed by atoms with van der Waals surface area (Å²) in [5.41, 5.74) is 6.73. The Hall–Kier alpha value is -2.94. The molecule has 40 heavy (non-hydrogen) atoms. The minimum absolute atomic E-state index is 0.0830. The second-order valence-corrected chi connectivity index (χ2v) is 11.1. The second kappa shape index (κ2) is 17.0. The molecule has 0 saturated heterocycles. The summed E-state index contributed by atoms with van der Waals surface area (Å²) in [4.78, 5) is 50.2. The lowest BCUT2D eigenvalue weighted by molar-refractivity contribution is -0.169. The molecule has 1 aromatic carbocycles. The first-order chi connectivity index (χ1) is 18.7. The van der Waals surface area contributed by atoms with Gasteiger partial charge in [-0.15, -0.1) is 0 Å². The lowest BCUT2D eigenvalue weighted by atomic mass is 9.98. The van der Waals surface area contributed by atoms with Gasteiger partial charge < -0.3 is 24.7 Å². The van der Waals surface area contributed by atoms with Gasteiger partial charge in [-0.3, -0.25) is 19.2 Å². The van der Waals surface area contributed by atoms with Crippen molar-refractivity contribution in [3.05, 3.63) is 23.8 Å². The molecule has 9 nitrogen and oxygen atoms in total. The fourth-order valence-corrected chi connectivity index (χ4v) is 3.73. The summed E-state index contributed by atoms with van der Waals surface area (Å²) in [6, 6.07) is 3.73. The van der Waals surface area contributed by atoms with Gasteiger partial charge in [0.2, 0.25) is 0 Å². The highest BCUT2D eigenvalue weighted by Gasteiger charge is 2.27. The van der Waals surface area contributed by atoms with E-state index >= 15 is 0 Å². The molecule has 226 valence electrons. The quantitative estimate of drug-likeness (QED) is 0.207. The SMILES string of the molecule is CCCC(C)C(=O)Oc1ccc(C[C@H](N)C(=O)O[C@@H](C)C(C)OC(=O)C(C)C(C)C)cc1OC(=O)C(C)CCC. The molecule has 0 aromatic heterocycles. The average Bonchev–Trinajstić information content (AvgIpc) is 2.89. The Balaban J connectivity index is 2.99. The van der Waals surface area contributed by atoms with Crippen molar-refractivity contribution in [1.82, 2.24) is 0 Å². The Morgan fingerprint density at radius 2 is 1.18 bits per heavy atom. The third kappa shape index (κ3) is 11.3. The van der Waals surface area contributed by atoms with Crippen LogP contribution < -0.4 is 15.2 Å². The van der Waals surface area contributed by atoms with Crippen molar-refractivity contribution in [2.24, 2.45) is 29.4 Å². The maximum Gasteiger partial charge on any atom is 0.323 e. The third-order valence-corrected chi connectivity index (χ3v) is 7.07. The molecule has 0 heterocycles. The van der Waals surface area contributed by atoms with E-state index < -0.39 is 36.2 Å². The van der Waals surface area contributed by atoms with E-state index in [-0.39, 0.29) is 47.6 Å². The highest BCUT2D eigenvalue weighted by atomic mass is 16.6. The third-order valence-electron chi connectivity index (χ3n) is 7.07. The van der Waals surface area contributed by atoms with Crippen LogP contribution in [0.5, 0.6) is 11.5 Å². The van der Waals surface area contributed by atoms with Crippen LogP contribution in [0.25, 0.3) is 0 Å². The number of benzene rings is 1. The monoisotopic (exact) mass is 563 g/mol. The van der Waals surface area contributed by atoms with Crippen molar-refractivity contribution in [3.63, 3.8) is 0 Å². The van der Waals surface area contributed by atoms with E-state index in [0.717, 1.165) is 12.8 Å². The number of hydrogen-bond donors (Lipinski definition) is 1. The molecule has 0 bridgehead atoms. The number of esters is 4. The van der Waals surface area contributed by atoms with Crippen LogP contribution in [0.3, 0.4) is 0 Å². The summed E-state index contributed by atoms with van der Waals surface area (Å²) in [5, 5.41) is 0. The standard InChI is InChI=1S/C31H49NO8/c1-10-12-19(5)28(33)39-26-15-14-24(17-27(26)40-29(34)20(6)13-11-2)16-25(32)31(36)38-23(9)22(8)37-30(35)21(7)18(3)4/h14-15,17-23,25H,10-13,16,32H2,1-9H3/t19?,20?,21?,22?,23-,25-/m0/s1. The molecule has 9 heteroatoms. The fraction of sp³-hybridized carbons (Fsp3) is 0.677. The molecular weight excluding hydrogens is 514 g/mol. The van der Waals surface area contributed by atoms with Gasteiger partial charge in [-0.05, 0) is 56.7 Å². The van der Waals surface area contributed by atoms with Gasteiger partial charge in [-0.1, -0.05) is 67.4 Å². The van der Waals surface area contributed by atoms with Gasteiger partial charge in [0, 0.05) is 0 Å². The van der Waals surface area contributed by atoms with E-state index in [9.17, 15) is 19.2 Å². The van der Waals surface area contributed by atoms with E-state index in [1.165, 1.54) is 6.07 Å². The summed E-state index contributed by atoms with van der Waals surface area (Å²) in [6.45, 7) is 16.5. The van der Waals surface area contributed by atoms with Crippen molar-refractivity contribution in [2.45, 2.75) is 113 Å². The first kappa shape index (κ1) is 35.1. The van der Waals surface area contributed by atoms with E-state index in [4.69, 9.17) is 24.7 Å². The summed E-state index contributed by atoms with van der Waals surface area (Å²) in [7, 11) is 0. The molecular formula is C31H49NO8. The number of rotatable bonds is 16. The minimum Gasteiger partial charge on any atom is -0.459 e. The molecule has 0 amide bonds. The first-order valence-electron chi connectivity index (χ1n) is 14.4. The number of hydrogen-bond acceptors (Lipinski definition) is 9. The topological polar surface area (TPSA) is 131 Å². The highest BCUT2D eigenvalue weighted by Crippen LogP contribution is 2.31. The van der Waals surface area contributed by atoms with Crippen molar-refractivity contribution in [1.29, 1.82) is 0 Å². The van der Waals surface area contributed by atoms with E-state index in [1.54, 1.807) is 46.8 Å². The Labute approximate surface area is 239 Å². The number of nitrogens with two attached hydrogens (primary N) is 1. The van der Waals surface area contributed by atoms with Crippen LogP contribution >= 0.6 is 0 Å². The predicted octanol–water partition coefficient (Wildman–Crippen LogP) is 5.40. The van der Waals surface area contributed by atoms with Gasteiger partial charge in [-0.25, -0.2) is 0 Å². The van der Waals surface area contributed by atoms with Gasteiger partial charge in [0.15, 0.2) is 11.5 Å². The Bertz CT molecular complexity index is 992. The fourth-order valence-electron chi connectivity index (χ4n) is 3.73.